The van der Waals surface area contributed by atoms with Crippen molar-refractivity contribution in [3.8, 4) is 0 Å². The molecule has 0 radical (unpaired) electrons. The second-order valence-electron chi connectivity index (χ2n) is 5.01. The predicted molar refractivity (Wildman–Crippen MR) is 63.6 cm³/mol. The van der Waals surface area contributed by atoms with Gasteiger partial charge in [0.2, 0.25) is 0 Å². The second kappa shape index (κ2) is 4.92. The van der Waals surface area contributed by atoms with E-state index in [-0.39, 0.29) is 0 Å². The van der Waals surface area contributed by atoms with Crippen molar-refractivity contribution < 1.29 is 14.3 Å². The normalized spacial score (nSPS) is 26.7. The molecule has 94 valence electrons. The van der Waals surface area contributed by atoms with Gasteiger partial charge in [-0.1, -0.05) is 19.8 Å². The molecule has 1 aliphatic carbocycles. The van der Waals surface area contributed by atoms with Crippen LogP contribution in [0.15, 0.2) is 16.5 Å². The summed E-state index contributed by atoms with van der Waals surface area (Å²) in [6, 6.07) is 2.51. The summed E-state index contributed by atoms with van der Waals surface area (Å²) in [6.07, 6.45) is 4.67. The molecule has 0 bridgehead atoms. The van der Waals surface area contributed by atoms with Gasteiger partial charge in [0.1, 0.15) is 11.5 Å². The van der Waals surface area contributed by atoms with Gasteiger partial charge < -0.3 is 15.3 Å². The molecule has 1 unspecified atom stereocenters. The maximum atomic E-state index is 10.7. The van der Waals surface area contributed by atoms with Crippen molar-refractivity contribution in [1.29, 1.82) is 0 Å². The maximum Gasteiger partial charge on any atom is 0.328 e. The molecule has 17 heavy (non-hydrogen) atoms. The van der Waals surface area contributed by atoms with Gasteiger partial charge in [0.05, 0.1) is 0 Å². The zero-order chi connectivity index (χ0) is 12.4. The molecule has 1 aliphatic rings. The monoisotopic (exact) mass is 237 g/mol. The van der Waals surface area contributed by atoms with E-state index in [0.717, 1.165) is 24.5 Å². The lowest BCUT2D eigenvalue weighted by atomic mass is 9.82. The summed E-state index contributed by atoms with van der Waals surface area (Å²) in [4.78, 5) is 10.7. The summed E-state index contributed by atoms with van der Waals surface area (Å²) in [6.45, 7) is 2.27. The zero-order valence-electron chi connectivity index (χ0n) is 10.1. The molecule has 3 N–H and O–H groups in total. The third kappa shape index (κ3) is 2.69. The molecule has 0 amide bonds. The van der Waals surface area contributed by atoms with Crippen LogP contribution in [0.5, 0.6) is 0 Å². The topological polar surface area (TPSA) is 76.5 Å². The number of carboxylic acids is 1. The predicted octanol–water partition coefficient (Wildman–Crippen LogP) is 2.66. The summed E-state index contributed by atoms with van der Waals surface area (Å²) in [5.74, 6) is 1.42. The second-order valence-corrected chi connectivity index (χ2v) is 5.01. The van der Waals surface area contributed by atoms with E-state index in [0.29, 0.717) is 11.7 Å². The Kier molecular flexibility index (Phi) is 3.52. The summed E-state index contributed by atoms with van der Waals surface area (Å²) in [5.41, 5.74) is 5.51. The van der Waals surface area contributed by atoms with Crippen molar-refractivity contribution in [2.24, 2.45) is 11.7 Å². The van der Waals surface area contributed by atoms with E-state index >= 15 is 0 Å². The smallest absolute Gasteiger partial charge is 0.328 e. The Balaban J connectivity index is 2.05. The molecule has 4 nitrogen and oxygen atoms in total. The first-order valence-corrected chi connectivity index (χ1v) is 6.16. The Bertz CT molecular complexity index is 391. The van der Waals surface area contributed by atoms with Crippen LogP contribution in [-0.2, 0) is 4.79 Å². The quantitative estimate of drug-likeness (QED) is 0.847. The molecule has 1 atom stereocenters. The van der Waals surface area contributed by atoms with Crippen LogP contribution < -0.4 is 5.73 Å². The lowest BCUT2D eigenvalue weighted by Gasteiger charge is -2.24. The summed E-state index contributed by atoms with van der Waals surface area (Å²) >= 11 is 0. The van der Waals surface area contributed by atoms with E-state index in [9.17, 15) is 4.79 Å². The fourth-order valence-electron chi connectivity index (χ4n) is 2.42. The van der Waals surface area contributed by atoms with Crippen LogP contribution in [0.3, 0.4) is 0 Å². The molecule has 1 fully saturated rings. The number of nitrogens with two attached hydrogens (primary N) is 1. The third-order valence-corrected chi connectivity index (χ3v) is 3.64. The molecular weight excluding hydrogens is 218 g/mol. The van der Waals surface area contributed by atoms with Gasteiger partial charge in [0, 0.05) is 5.92 Å². The summed E-state index contributed by atoms with van der Waals surface area (Å²) in [5, 5.41) is 8.80. The van der Waals surface area contributed by atoms with E-state index in [1.54, 1.807) is 6.07 Å². The Morgan fingerprint density at radius 1 is 1.41 bits per heavy atom. The minimum absolute atomic E-state index is 0.353. The Morgan fingerprint density at radius 2 is 2.06 bits per heavy atom. The maximum absolute atomic E-state index is 10.7. The van der Waals surface area contributed by atoms with Gasteiger partial charge in [-0.15, -0.1) is 0 Å². The molecule has 1 aromatic rings. The number of carbonyl (C=O) groups is 1. The molecular formula is C13H19NO3. The first-order chi connectivity index (χ1) is 8.08. The largest absolute Gasteiger partial charge is 0.480 e. The van der Waals surface area contributed by atoms with Gasteiger partial charge in [-0.25, -0.2) is 0 Å². The minimum Gasteiger partial charge on any atom is -0.480 e. The molecule has 4 heteroatoms. The van der Waals surface area contributed by atoms with E-state index in [1.807, 2.05) is 6.07 Å². The molecule has 1 heterocycles. The lowest BCUT2D eigenvalue weighted by Crippen LogP contribution is -2.19. The van der Waals surface area contributed by atoms with Crippen LogP contribution in [0.4, 0.5) is 0 Å². The summed E-state index contributed by atoms with van der Waals surface area (Å²) < 4.78 is 5.58. The highest BCUT2D eigenvalue weighted by molar-refractivity contribution is 5.74. The van der Waals surface area contributed by atoms with Gasteiger partial charge in [-0.2, -0.15) is 0 Å². The molecule has 0 saturated heterocycles. The van der Waals surface area contributed by atoms with E-state index in [1.165, 1.54) is 12.8 Å². The molecule has 0 spiro atoms. The fraction of sp³-hybridized carbons (Fsp3) is 0.615. The van der Waals surface area contributed by atoms with Crippen LogP contribution >= 0.6 is 0 Å². The molecule has 2 rings (SSSR count). The van der Waals surface area contributed by atoms with Crippen molar-refractivity contribution in [3.63, 3.8) is 0 Å². The molecule has 0 aliphatic heterocycles. The SMILES string of the molecule is CC1CCC(c2ccc(C(N)C(=O)O)o2)CC1. The van der Waals surface area contributed by atoms with Gasteiger partial charge in [0.25, 0.3) is 0 Å². The van der Waals surface area contributed by atoms with Gasteiger partial charge in [-0.05, 0) is 30.9 Å². The molecule has 1 aromatic heterocycles. The van der Waals surface area contributed by atoms with Crippen molar-refractivity contribution >= 4 is 5.97 Å². The highest BCUT2D eigenvalue weighted by atomic mass is 16.4. The minimum atomic E-state index is -1.05. The number of hydrogen-bond acceptors (Lipinski definition) is 3. The number of aliphatic carboxylic acids is 1. The van der Waals surface area contributed by atoms with Crippen LogP contribution in [0, 0.1) is 5.92 Å². The van der Waals surface area contributed by atoms with Gasteiger partial charge in [0.15, 0.2) is 6.04 Å². The van der Waals surface area contributed by atoms with Crippen molar-refractivity contribution in [3.05, 3.63) is 23.7 Å². The fourth-order valence-corrected chi connectivity index (χ4v) is 2.42. The molecule has 0 aromatic carbocycles. The highest BCUT2D eigenvalue weighted by Crippen LogP contribution is 2.36. The number of hydrogen-bond donors (Lipinski definition) is 2. The van der Waals surface area contributed by atoms with E-state index < -0.39 is 12.0 Å². The third-order valence-electron chi connectivity index (χ3n) is 3.64. The zero-order valence-corrected chi connectivity index (χ0v) is 10.1. The summed E-state index contributed by atoms with van der Waals surface area (Å²) in [7, 11) is 0. The van der Waals surface area contributed by atoms with Crippen LogP contribution in [0.1, 0.15) is 56.1 Å². The van der Waals surface area contributed by atoms with E-state index in [2.05, 4.69) is 6.92 Å². The van der Waals surface area contributed by atoms with Gasteiger partial charge >= 0.3 is 5.97 Å². The highest BCUT2D eigenvalue weighted by Gasteiger charge is 2.24. The average Bonchev–Trinajstić information content (AvgIpc) is 2.78. The first-order valence-electron chi connectivity index (χ1n) is 6.16. The van der Waals surface area contributed by atoms with Gasteiger partial charge in [-0.3, -0.25) is 4.79 Å². The van der Waals surface area contributed by atoms with Crippen LogP contribution in [-0.4, -0.2) is 11.1 Å². The Hall–Kier alpha value is -1.29. The van der Waals surface area contributed by atoms with Crippen molar-refractivity contribution in [2.75, 3.05) is 0 Å². The number of rotatable bonds is 3. The Morgan fingerprint density at radius 3 is 2.65 bits per heavy atom. The molecule has 1 saturated carbocycles. The standard InChI is InChI=1S/C13H19NO3/c1-8-2-4-9(5-3-8)10-6-7-11(17-10)12(14)13(15)16/h6-9,12H,2-5,14H2,1H3,(H,15,16). The van der Waals surface area contributed by atoms with Crippen molar-refractivity contribution in [1.82, 2.24) is 0 Å². The van der Waals surface area contributed by atoms with Crippen LogP contribution in [0.2, 0.25) is 0 Å². The van der Waals surface area contributed by atoms with Crippen LogP contribution in [0.25, 0.3) is 0 Å². The first kappa shape index (κ1) is 12.2. The van der Waals surface area contributed by atoms with E-state index in [4.69, 9.17) is 15.3 Å². The Labute approximate surface area is 101 Å². The number of furan rings is 1. The number of carboxylic acid groups (broad SMARTS) is 1. The average molecular weight is 237 g/mol. The van der Waals surface area contributed by atoms with Crippen molar-refractivity contribution in [2.45, 2.75) is 44.6 Å². The lowest BCUT2D eigenvalue weighted by molar-refractivity contribution is -0.139.